The number of ether oxygens (including phenoxy) is 2. The van der Waals surface area contributed by atoms with E-state index in [0.29, 0.717) is 13.2 Å². The van der Waals surface area contributed by atoms with Crippen molar-refractivity contribution in [2.45, 2.75) is 32.6 Å². The molecule has 0 aliphatic carbocycles. The van der Waals surface area contributed by atoms with Gasteiger partial charge >= 0.3 is 5.97 Å². The van der Waals surface area contributed by atoms with Crippen LogP contribution in [0.1, 0.15) is 31.7 Å². The number of anilines is 1. The van der Waals surface area contributed by atoms with Gasteiger partial charge in [-0.05, 0) is 48.5 Å². The van der Waals surface area contributed by atoms with Crippen molar-refractivity contribution in [3.05, 3.63) is 60.2 Å². The monoisotopic (exact) mass is 414 g/mol. The molecule has 154 valence electrons. The SMILES string of the molecule is CCCOC(=O)CCC(=O)NC(=S)Nc1ccc(OCCc2ccccc2)cc1. The maximum Gasteiger partial charge on any atom is 0.306 e. The topological polar surface area (TPSA) is 76.7 Å². The van der Waals surface area contributed by atoms with Crippen molar-refractivity contribution in [2.24, 2.45) is 0 Å². The Morgan fingerprint density at radius 1 is 0.966 bits per heavy atom. The van der Waals surface area contributed by atoms with Crippen LogP contribution in [0.5, 0.6) is 5.75 Å². The second kappa shape index (κ2) is 12.5. The van der Waals surface area contributed by atoms with Crippen molar-refractivity contribution >= 4 is 34.9 Å². The third-order valence-corrected chi connectivity index (χ3v) is 4.09. The van der Waals surface area contributed by atoms with Gasteiger partial charge in [-0.2, -0.15) is 0 Å². The summed E-state index contributed by atoms with van der Waals surface area (Å²) in [5, 5.41) is 5.66. The standard InChI is InChI=1S/C22H26N2O4S/c1-2-15-28-21(26)13-12-20(25)24-22(29)23-18-8-10-19(11-9-18)27-16-14-17-6-4-3-5-7-17/h3-11H,2,12-16H2,1H3,(H2,23,24,25,29). The molecule has 0 unspecified atom stereocenters. The fraction of sp³-hybridized carbons (Fsp3) is 0.318. The first-order chi connectivity index (χ1) is 14.1. The van der Waals surface area contributed by atoms with Gasteiger partial charge in [0.05, 0.1) is 19.6 Å². The van der Waals surface area contributed by atoms with E-state index < -0.39 is 0 Å². The molecule has 0 aromatic heterocycles. The molecule has 2 N–H and O–H groups in total. The van der Waals surface area contributed by atoms with Crippen LogP contribution in [0.3, 0.4) is 0 Å². The van der Waals surface area contributed by atoms with E-state index in [2.05, 4.69) is 22.8 Å². The molecular weight excluding hydrogens is 388 g/mol. The molecule has 0 heterocycles. The Hall–Kier alpha value is -2.93. The molecule has 2 aromatic rings. The molecule has 0 radical (unpaired) electrons. The number of hydrogen-bond acceptors (Lipinski definition) is 5. The second-order valence-electron chi connectivity index (χ2n) is 6.33. The Labute approximate surface area is 176 Å². The average molecular weight is 415 g/mol. The fourth-order valence-electron chi connectivity index (χ4n) is 2.42. The number of esters is 1. The lowest BCUT2D eigenvalue weighted by Crippen LogP contribution is -2.34. The Morgan fingerprint density at radius 2 is 1.69 bits per heavy atom. The molecule has 0 spiro atoms. The minimum absolute atomic E-state index is 0.0263. The summed E-state index contributed by atoms with van der Waals surface area (Å²) >= 11 is 5.13. The first-order valence-electron chi connectivity index (χ1n) is 9.60. The van der Waals surface area contributed by atoms with Gasteiger partial charge in [0, 0.05) is 18.5 Å². The van der Waals surface area contributed by atoms with Gasteiger partial charge in [0.1, 0.15) is 5.75 Å². The Balaban J connectivity index is 1.68. The molecular formula is C22H26N2O4S. The summed E-state index contributed by atoms with van der Waals surface area (Å²) in [4.78, 5) is 23.3. The van der Waals surface area contributed by atoms with E-state index in [0.717, 1.165) is 24.3 Å². The van der Waals surface area contributed by atoms with E-state index in [1.807, 2.05) is 49.4 Å². The highest BCUT2D eigenvalue weighted by molar-refractivity contribution is 7.80. The minimum Gasteiger partial charge on any atom is -0.493 e. The van der Waals surface area contributed by atoms with Crippen molar-refractivity contribution in [1.82, 2.24) is 5.32 Å². The van der Waals surface area contributed by atoms with Crippen LogP contribution in [-0.2, 0) is 20.7 Å². The maximum atomic E-state index is 11.8. The Morgan fingerprint density at radius 3 is 2.38 bits per heavy atom. The normalized spacial score (nSPS) is 10.1. The van der Waals surface area contributed by atoms with Crippen LogP contribution in [0.15, 0.2) is 54.6 Å². The van der Waals surface area contributed by atoms with Crippen LogP contribution in [0.2, 0.25) is 0 Å². The largest absolute Gasteiger partial charge is 0.493 e. The zero-order valence-corrected chi connectivity index (χ0v) is 17.3. The van der Waals surface area contributed by atoms with Gasteiger partial charge in [0.15, 0.2) is 5.11 Å². The van der Waals surface area contributed by atoms with Gasteiger partial charge in [-0.3, -0.25) is 9.59 Å². The first kappa shape index (κ1) is 22.4. The van der Waals surface area contributed by atoms with Gasteiger partial charge in [-0.15, -0.1) is 0 Å². The molecule has 0 fully saturated rings. The lowest BCUT2D eigenvalue weighted by Gasteiger charge is -2.11. The lowest BCUT2D eigenvalue weighted by atomic mass is 10.2. The number of nitrogens with one attached hydrogen (secondary N) is 2. The smallest absolute Gasteiger partial charge is 0.306 e. The minimum atomic E-state index is -0.385. The maximum absolute atomic E-state index is 11.8. The van der Waals surface area contributed by atoms with Crippen LogP contribution in [0, 0.1) is 0 Å². The lowest BCUT2D eigenvalue weighted by molar-refractivity contribution is -0.144. The predicted octanol–water partition coefficient (Wildman–Crippen LogP) is 3.85. The third-order valence-electron chi connectivity index (χ3n) is 3.89. The molecule has 0 saturated carbocycles. The highest BCUT2D eigenvalue weighted by Gasteiger charge is 2.09. The molecule has 7 heteroatoms. The Bertz CT molecular complexity index is 794. The van der Waals surface area contributed by atoms with E-state index in [1.54, 1.807) is 0 Å². The molecule has 2 rings (SSSR count). The van der Waals surface area contributed by atoms with Gasteiger partial charge < -0.3 is 20.1 Å². The fourth-order valence-corrected chi connectivity index (χ4v) is 2.65. The molecule has 0 aliphatic heterocycles. The number of benzene rings is 2. The van der Waals surface area contributed by atoms with Gasteiger partial charge in [0.2, 0.25) is 5.91 Å². The van der Waals surface area contributed by atoms with Gasteiger partial charge in [0.25, 0.3) is 0 Å². The van der Waals surface area contributed by atoms with Crippen molar-refractivity contribution in [2.75, 3.05) is 18.5 Å². The van der Waals surface area contributed by atoms with Crippen molar-refractivity contribution in [3.8, 4) is 5.75 Å². The number of carbonyl (C=O) groups is 2. The molecule has 2 aromatic carbocycles. The van der Waals surface area contributed by atoms with Crippen molar-refractivity contribution in [1.29, 1.82) is 0 Å². The average Bonchev–Trinajstić information content (AvgIpc) is 2.72. The number of amides is 1. The Kier molecular flexibility index (Phi) is 9.65. The highest BCUT2D eigenvalue weighted by atomic mass is 32.1. The molecule has 0 bridgehead atoms. The zero-order chi connectivity index (χ0) is 20.9. The summed E-state index contributed by atoms with van der Waals surface area (Å²) in [6.07, 6.45) is 1.65. The molecule has 29 heavy (non-hydrogen) atoms. The number of thiocarbonyl (C=S) groups is 1. The van der Waals surface area contributed by atoms with E-state index in [-0.39, 0.29) is 29.8 Å². The predicted molar refractivity (Wildman–Crippen MR) is 117 cm³/mol. The summed E-state index contributed by atoms with van der Waals surface area (Å²) < 4.78 is 10.7. The quantitative estimate of drug-likeness (QED) is 0.454. The molecule has 6 nitrogen and oxygen atoms in total. The van der Waals surface area contributed by atoms with E-state index in [9.17, 15) is 9.59 Å². The van der Waals surface area contributed by atoms with Crippen LogP contribution in [0.25, 0.3) is 0 Å². The van der Waals surface area contributed by atoms with Crippen LogP contribution >= 0.6 is 12.2 Å². The van der Waals surface area contributed by atoms with E-state index in [4.69, 9.17) is 21.7 Å². The van der Waals surface area contributed by atoms with E-state index in [1.165, 1.54) is 5.56 Å². The van der Waals surface area contributed by atoms with Gasteiger partial charge in [-0.1, -0.05) is 37.3 Å². The summed E-state index contributed by atoms with van der Waals surface area (Å²) in [6.45, 7) is 2.87. The molecule has 0 aliphatic rings. The summed E-state index contributed by atoms with van der Waals surface area (Å²) in [7, 11) is 0. The van der Waals surface area contributed by atoms with Crippen molar-refractivity contribution < 1.29 is 19.1 Å². The van der Waals surface area contributed by atoms with Crippen LogP contribution in [-0.4, -0.2) is 30.2 Å². The first-order valence-corrected chi connectivity index (χ1v) is 10.0. The highest BCUT2D eigenvalue weighted by Crippen LogP contribution is 2.16. The van der Waals surface area contributed by atoms with E-state index >= 15 is 0 Å². The third kappa shape index (κ3) is 9.21. The van der Waals surface area contributed by atoms with Crippen LogP contribution < -0.4 is 15.4 Å². The summed E-state index contributed by atoms with van der Waals surface area (Å²) in [6, 6.07) is 17.5. The molecule has 0 atom stereocenters. The number of hydrogen-bond donors (Lipinski definition) is 2. The number of rotatable bonds is 10. The zero-order valence-electron chi connectivity index (χ0n) is 16.5. The summed E-state index contributed by atoms with van der Waals surface area (Å²) in [5.41, 5.74) is 1.96. The van der Waals surface area contributed by atoms with Gasteiger partial charge in [-0.25, -0.2) is 0 Å². The van der Waals surface area contributed by atoms with Crippen LogP contribution in [0.4, 0.5) is 5.69 Å². The summed E-state index contributed by atoms with van der Waals surface area (Å²) in [5.74, 6) is 0.0348. The molecule has 0 saturated heterocycles. The second-order valence-corrected chi connectivity index (χ2v) is 6.74. The molecule has 1 amide bonds. The number of carbonyl (C=O) groups excluding carboxylic acids is 2. The van der Waals surface area contributed by atoms with Crippen molar-refractivity contribution in [3.63, 3.8) is 0 Å².